The monoisotopic (exact) mass is 266 g/mol. The molecule has 1 fully saturated rings. The van der Waals surface area contributed by atoms with Crippen LogP contribution in [-0.2, 0) is 0 Å². The maximum atomic E-state index is 12.2. The summed E-state index contributed by atoms with van der Waals surface area (Å²) in [6.07, 6.45) is 11.5. The van der Waals surface area contributed by atoms with Gasteiger partial charge in [-0.3, -0.25) is 0 Å². The third kappa shape index (κ3) is 3.96. The number of aliphatic hydroxyl groups is 1. The molecule has 0 saturated heterocycles. The molecule has 0 heterocycles. The molecule has 0 aliphatic heterocycles. The van der Waals surface area contributed by atoms with Crippen LogP contribution in [0.5, 0.6) is 0 Å². The smallest absolute Gasteiger partial charge is 0.317 e. The van der Waals surface area contributed by atoms with Gasteiger partial charge in [-0.15, -0.1) is 0 Å². The maximum Gasteiger partial charge on any atom is 0.317 e. The summed E-state index contributed by atoms with van der Waals surface area (Å²) in [7, 11) is 1.90. The van der Waals surface area contributed by atoms with Crippen molar-refractivity contribution in [2.24, 2.45) is 5.92 Å². The average Bonchev–Trinajstić information content (AvgIpc) is 2.47. The van der Waals surface area contributed by atoms with E-state index in [2.05, 4.69) is 17.5 Å². The fraction of sp³-hybridized carbons (Fsp3) is 0.800. The fourth-order valence-electron chi connectivity index (χ4n) is 3.08. The molecule has 4 heteroatoms. The minimum absolute atomic E-state index is 0.0627. The summed E-state index contributed by atoms with van der Waals surface area (Å²) in [6, 6.07) is 0.698. The Morgan fingerprint density at radius 3 is 2.58 bits per heavy atom. The molecule has 2 amide bonds. The van der Waals surface area contributed by atoms with Crippen molar-refractivity contribution in [3.8, 4) is 0 Å². The second-order valence-electron chi connectivity index (χ2n) is 5.90. The Morgan fingerprint density at radius 2 is 2.00 bits per heavy atom. The van der Waals surface area contributed by atoms with E-state index in [1.54, 1.807) is 0 Å². The lowest BCUT2D eigenvalue weighted by Gasteiger charge is -2.35. The SMILES string of the molecule is CN(C(=O)NC1CC=CCC1)C1CCC(CO)CC1. The van der Waals surface area contributed by atoms with Crippen molar-refractivity contribution in [2.45, 2.75) is 57.0 Å². The molecule has 2 aliphatic rings. The van der Waals surface area contributed by atoms with Crippen LogP contribution in [0.1, 0.15) is 44.9 Å². The minimum Gasteiger partial charge on any atom is -0.396 e. The van der Waals surface area contributed by atoms with Crippen LogP contribution in [0, 0.1) is 5.92 Å². The highest BCUT2D eigenvalue weighted by Crippen LogP contribution is 2.26. The molecule has 2 N–H and O–H groups in total. The number of carbonyl (C=O) groups excluding carboxylic acids is 1. The van der Waals surface area contributed by atoms with Gasteiger partial charge in [-0.25, -0.2) is 4.79 Å². The average molecular weight is 266 g/mol. The summed E-state index contributed by atoms with van der Waals surface area (Å²) in [4.78, 5) is 14.1. The van der Waals surface area contributed by atoms with E-state index in [0.29, 0.717) is 18.0 Å². The van der Waals surface area contributed by atoms with Crippen LogP contribution in [0.2, 0.25) is 0 Å². The molecule has 0 spiro atoms. The highest BCUT2D eigenvalue weighted by atomic mass is 16.3. The molecule has 1 saturated carbocycles. The number of amides is 2. The van der Waals surface area contributed by atoms with Crippen LogP contribution in [0.15, 0.2) is 12.2 Å². The Bertz CT molecular complexity index is 322. The van der Waals surface area contributed by atoms with Crippen molar-refractivity contribution in [3.05, 3.63) is 12.2 Å². The zero-order valence-corrected chi connectivity index (χ0v) is 11.8. The molecule has 0 radical (unpaired) electrons. The molecule has 2 rings (SSSR count). The second-order valence-corrected chi connectivity index (χ2v) is 5.90. The lowest BCUT2D eigenvalue weighted by atomic mass is 9.86. The Kier molecular flexibility index (Phi) is 5.25. The third-order valence-electron chi connectivity index (χ3n) is 4.54. The first-order valence-electron chi connectivity index (χ1n) is 7.50. The van der Waals surface area contributed by atoms with E-state index in [1.165, 1.54) is 0 Å². The van der Waals surface area contributed by atoms with Crippen molar-refractivity contribution < 1.29 is 9.90 Å². The van der Waals surface area contributed by atoms with Crippen molar-refractivity contribution in [2.75, 3.05) is 13.7 Å². The van der Waals surface area contributed by atoms with Gasteiger partial charge in [0.25, 0.3) is 0 Å². The number of rotatable bonds is 3. The molecule has 0 bridgehead atoms. The lowest BCUT2D eigenvalue weighted by Crippen LogP contribution is -2.48. The van der Waals surface area contributed by atoms with Gasteiger partial charge in [0, 0.05) is 25.7 Å². The third-order valence-corrected chi connectivity index (χ3v) is 4.54. The first-order chi connectivity index (χ1) is 9.20. The number of hydrogen-bond acceptors (Lipinski definition) is 2. The first-order valence-corrected chi connectivity index (χ1v) is 7.50. The molecule has 4 nitrogen and oxygen atoms in total. The number of urea groups is 1. The van der Waals surface area contributed by atoms with Crippen LogP contribution in [-0.4, -0.2) is 41.8 Å². The van der Waals surface area contributed by atoms with Gasteiger partial charge in [-0.1, -0.05) is 12.2 Å². The number of nitrogens with zero attached hydrogens (tertiary/aromatic N) is 1. The van der Waals surface area contributed by atoms with Crippen LogP contribution in [0.25, 0.3) is 0 Å². The first kappa shape index (κ1) is 14.4. The zero-order chi connectivity index (χ0) is 13.7. The quantitative estimate of drug-likeness (QED) is 0.770. The van der Waals surface area contributed by atoms with Gasteiger partial charge in [-0.2, -0.15) is 0 Å². The van der Waals surface area contributed by atoms with E-state index in [1.807, 2.05) is 11.9 Å². The Morgan fingerprint density at radius 1 is 1.26 bits per heavy atom. The highest BCUT2D eigenvalue weighted by Gasteiger charge is 2.27. The Labute approximate surface area is 115 Å². The van der Waals surface area contributed by atoms with Crippen molar-refractivity contribution in [1.82, 2.24) is 10.2 Å². The van der Waals surface area contributed by atoms with Gasteiger partial charge in [0.2, 0.25) is 0 Å². The molecule has 1 unspecified atom stereocenters. The van der Waals surface area contributed by atoms with E-state index in [-0.39, 0.29) is 12.6 Å². The van der Waals surface area contributed by atoms with Crippen LogP contribution in [0.3, 0.4) is 0 Å². The number of nitrogens with one attached hydrogen (secondary N) is 1. The predicted octanol–water partition coefficient (Wildman–Crippen LogP) is 2.29. The Balaban J connectivity index is 1.77. The molecule has 1 atom stereocenters. The standard InChI is InChI=1S/C15H26N2O2/c1-17(14-9-7-12(11-18)8-10-14)15(19)16-13-5-3-2-4-6-13/h2-3,12-14,18H,4-11H2,1H3,(H,16,19). The molecule has 19 heavy (non-hydrogen) atoms. The van der Waals surface area contributed by atoms with Gasteiger partial charge >= 0.3 is 6.03 Å². The van der Waals surface area contributed by atoms with Crippen molar-refractivity contribution >= 4 is 6.03 Å². The summed E-state index contributed by atoms with van der Waals surface area (Å²) in [5, 5.41) is 12.3. The molecule has 0 aromatic rings. The summed E-state index contributed by atoms with van der Waals surface area (Å²) >= 11 is 0. The van der Waals surface area contributed by atoms with Gasteiger partial charge in [0.05, 0.1) is 0 Å². The number of carbonyl (C=O) groups is 1. The number of hydrogen-bond donors (Lipinski definition) is 2. The summed E-state index contributed by atoms with van der Waals surface area (Å²) < 4.78 is 0. The predicted molar refractivity (Wildman–Crippen MR) is 75.9 cm³/mol. The molecular weight excluding hydrogens is 240 g/mol. The zero-order valence-electron chi connectivity index (χ0n) is 11.8. The molecule has 0 aromatic carbocycles. The molecule has 0 aromatic heterocycles. The number of allylic oxidation sites excluding steroid dienone is 1. The van der Waals surface area contributed by atoms with Gasteiger partial charge in [-0.05, 0) is 50.9 Å². The number of aliphatic hydroxyl groups excluding tert-OH is 1. The second kappa shape index (κ2) is 6.94. The van der Waals surface area contributed by atoms with Crippen LogP contribution >= 0.6 is 0 Å². The van der Waals surface area contributed by atoms with Gasteiger partial charge in [0.15, 0.2) is 0 Å². The van der Waals surface area contributed by atoms with Crippen molar-refractivity contribution in [3.63, 3.8) is 0 Å². The van der Waals surface area contributed by atoms with Crippen LogP contribution in [0.4, 0.5) is 4.79 Å². The van der Waals surface area contributed by atoms with Crippen LogP contribution < -0.4 is 5.32 Å². The van der Waals surface area contributed by atoms with E-state index in [9.17, 15) is 4.79 Å². The summed E-state index contributed by atoms with van der Waals surface area (Å²) in [6.45, 7) is 0.289. The Hall–Kier alpha value is -1.03. The maximum absolute atomic E-state index is 12.2. The van der Waals surface area contributed by atoms with Gasteiger partial charge < -0.3 is 15.3 Å². The van der Waals surface area contributed by atoms with Gasteiger partial charge in [0.1, 0.15) is 0 Å². The highest BCUT2D eigenvalue weighted by molar-refractivity contribution is 5.74. The molecule has 108 valence electrons. The van der Waals surface area contributed by atoms with E-state index in [4.69, 9.17) is 5.11 Å². The summed E-state index contributed by atoms with van der Waals surface area (Å²) in [5.41, 5.74) is 0. The largest absolute Gasteiger partial charge is 0.396 e. The fourth-order valence-corrected chi connectivity index (χ4v) is 3.08. The minimum atomic E-state index is 0.0627. The van der Waals surface area contributed by atoms with Crippen molar-refractivity contribution in [1.29, 1.82) is 0 Å². The lowest BCUT2D eigenvalue weighted by molar-refractivity contribution is 0.132. The topological polar surface area (TPSA) is 52.6 Å². The van der Waals surface area contributed by atoms with E-state index >= 15 is 0 Å². The van der Waals surface area contributed by atoms with E-state index < -0.39 is 0 Å². The molecule has 2 aliphatic carbocycles. The summed E-state index contributed by atoms with van der Waals surface area (Å²) in [5.74, 6) is 0.441. The van der Waals surface area contributed by atoms with E-state index in [0.717, 1.165) is 44.9 Å². The normalized spacial score (nSPS) is 30.9. The molecular formula is C15H26N2O2.